The van der Waals surface area contributed by atoms with Crippen molar-refractivity contribution in [1.29, 1.82) is 0 Å². The number of rotatable bonds is 28. The molecule has 0 saturated carbocycles. The molecule has 0 bridgehead atoms. The van der Waals surface area contributed by atoms with E-state index >= 15 is 0 Å². The Hall–Kier alpha value is 0.508. The first kappa shape index (κ1) is 38.5. The molecule has 9 nitrogen and oxygen atoms in total. The smallest absolute Gasteiger partial charge is 0.397 e. The van der Waals surface area contributed by atoms with Gasteiger partial charge in [-0.3, -0.25) is 9.80 Å². The van der Waals surface area contributed by atoms with Crippen LogP contribution in [-0.2, 0) is 31.0 Å². The number of nitrogens with zero attached hydrogens (tertiary/aromatic N) is 2. The van der Waals surface area contributed by atoms with Crippen molar-refractivity contribution in [3.8, 4) is 0 Å². The largest absolute Gasteiger partial charge is 0.500 e. The normalized spacial score (nSPS) is 12.8. The third-order valence-electron chi connectivity index (χ3n) is 6.36. The molecule has 0 heterocycles. The molecule has 0 amide bonds. The molecule has 0 atom stereocenters. The first-order valence-corrected chi connectivity index (χ1v) is 20.6. The van der Waals surface area contributed by atoms with E-state index < -0.39 is 27.4 Å². The molecule has 38 heavy (non-hydrogen) atoms. The summed E-state index contributed by atoms with van der Waals surface area (Å²) in [6, 6.07) is 4.18. The van der Waals surface area contributed by atoms with Crippen molar-refractivity contribution >= 4 is 36.9 Å². The van der Waals surface area contributed by atoms with Gasteiger partial charge < -0.3 is 31.0 Å². The molecule has 0 aliphatic rings. The molecule has 0 unspecified atom stereocenters. The third-order valence-corrected chi connectivity index (χ3v) is 14.7. The molecule has 0 spiro atoms. The monoisotopic (exact) mass is 610 g/mol. The summed E-state index contributed by atoms with van der Waals surface area (Å²) in [5.41, 5.74) is 0. The maximum atomic E-state index is 6.00. The second-order valence-electron chi connectivity index (χ2n) is 9.20. The van der Waals surface area contributed by atoms with E-state index in [0.717, 1.165) is 60.0 Å². The summed E-state index contributed by atoms with van der Waals surface area (Å²) >= 11 is 0. The minimum absolute atomic E-state index is 0.449. The summed E-state index contributed by atoms with van der Waals surface area (Å²) < 4.78 is 39.9. The highest BCUT2D eigenvalue weighted by atomic mass is 28.4. The van der Waals surface area contributed by atoms with Crippen LogP contribution in [-0.4, -0.2) is 128 Å². The lowest BCUT2D eigenvalue weighted by Crippen LogP contribution is -2.49. The van der Waals surface area contributed by atoms with Gasteiger partial charge in [0.1, 0.15) is 0 Å². The van der Waals surface area contributed by atoms with Gasteiger partial charge >= 0.3 is 27.4 Å². The summed E-state index contributed by atoms with van der Waals surface area (Å²) in [6.45, 7) is 10.1. The lowest BCUT2D eigenvalue weighted by atomic mass is 10.2. The van der Waals surface area contributed by atoms with E-state index in [1.54, 1.807) is 28.4 Å². The van der Waals surface area contributed by atoms with E-state index in [0.29, 0.717) is 25.6 Å². The molecule has 0 aromatic rings. The maximum Gasteiger partial charge on any atom is 0.500 e. The van der Waals surface area contributed by atoms with E-state index in [2.05, 4.69) is 23.9 Å². The van der Waals surface area contributed by atoms with Gasteiger partial charge in [0.2, 0.25) is 0 Å². The highest BCUT2D eigenvalue weighted by Gasteiger charge is 2.39. The van der Waals surface area contributed by atoms with Crippen LogP contribution in [0.15, 0.2) is 0 Å². The van der Waals surface area contributed by atoms with Crippen LogP contribution in [0, 0.1) is 0 Å². The molecule has 13 heteroatoms. The fourth-order valence-electron chi connectivity index (χ4n) is 4.47. The summed E-state index contributed by atoms with van der Waals surface area (Å²) in [6.07, 6.45) is 6.97. The number of hydrogen-bond acceptors (Lipinski definition) is 9. The zero-order valence-corrected chi connectivity index (χ0v) is 29.9. The topological polar surface area (TPSA) is 71.1 Å². The minimum Gasteiger partial charge on any atom is -0.397 e. The molecule has 226 valence electrons. The van der Waals surface area contributed by atoms with E-state index in [1.165, 1.54) is 25.3 Å². The minimum atomic E-state index is -2.51. The predicted octanol–water partition coefficient (Wildman–Crippen LogP) is 4.21. The first-order valence-electron chi connectivity index (χ1n) is 14.3. The molecule has 0 aliphatic carbocycles. The molecule has 0 aliphatic heterocycles. The second kappa shape index (κ2) is 25.2. The van der Waals surface area contributed by atoms with Crippen LogP contribution in [0.4, 0.5) is 0 Å². The van der Waals surface area contributed by atoms with Gasteiger partial charge in [0.25, 0.3) is 0 Å². The Labute approximate surface area is 242 Å². The first-order chi connectivity index (χ1) is 18.4. The Morgan fingerprint density at radius 3 is 1.45 bits per heavy atom. The van der Waals surface area contributed by atoms with E-state index in [1.807, 2.05) is 20.8 Å². The van der Waals surface area contributed by atoms with Crippen LogP contribution in [0.3, 0.4) is 0 Å². The van der Waals surface area contributed by atoms with Crippen LogP contribution in [0.25, 0.3) is 0 Å². The molecule has 0 saturated heterocycles. The average Bonchev–Trinajstić information content (AvgIpc) is 2.91. The van der Waals surface area contributed by atoms with Crippen LogP contribution in [0.1, 0.15) is 59.3 Å². The zero-order valence-electron chi connectivity index (χ0n) is 25.9. The lowest BCUT2D eigenvalue weighted by molar-refractivity contribution is 0.0706. The molecule has 0 aromatic heterocycles. The van der Waals surface area contributed by atoms with Gasteiger partial charge in [-0.1, -0.05) is 25.3 Å². The summed E-state index contributed by atoms with van der Waals surface area (Å²) in [7, 11) is 7.64. The SMILES string of the molecule is CCO[Si](CCCCCC[Si]C(N(C)CCC[Si](OC)OC)N(C)CCC[Si](OC)OC)(OCC)OCC. The van der Waals surface area contributed by atoms with Gasteiger partial charge in [0.15, 0.2) is 0 Å². The van der Waals surface area contributed by atoms with Crippen LogP contribution in [0.5, 0.6) is 0 Å². The number of hydrogen-bond donors (Lipinski definition) is 0. The standard InChI is InChI=1S/C25H58N2O7Si4/c1-10-32-38(33-11-2,34-12-3)24-16-14-13-15-21-35-25(26(4)19-17-22-36(28-6)29-7)27(5)20-18-23-37(30-8)31-9/h25H,10-24H2,1-9H3. The van der Waals surface area contributed by atoms with Crippen molar-refractivity contribution in [2.45, 2.75) is 89.3 Å². The maximum absolute atomic E-state index is 6.00. The van der Waals surface area contributed by atoms with Crippen molar-refractivity contribution < 1.29 is 31.0 Å². The van der Waals surface area contributed by atoms with Crippen LogP contribution >= 0.6 is 0 Å². The van der Waals surface area contributed by atoms with Gasteiger partial charge in [-0.25, -0.2) is 0 Å². The molecule has 0 aromatic carbocycles. The van der Waals surface area contributed by atoms with Crippen LogP contribution in [0.2, 0.25) is 24.2 Å². The lowest BCUT2D eigenvalue weighted by Gasteiger charge is -2.36. The molecule has 0 fully saturated rings. The molecular weight excluding hydrogens is 553 g/mol. The average molecular weight is 611 g/mol. The Morgan fingerprint density at radius 1 is 0.632 bits per heavy atom. The second-order valence-corrected chi connectivity index (χ2v) is 17.5. The Bertz CT molecular complexity index is 483. The molecular formula is C25H58N2O7Si4. The van der Waals surface area contributed by atoms with E-state index in [4.69, 9.17) is 31.0 Å². The fraction of sp³-hybridized carbons (Fsp3) is 1.00. The Kier molecular flexibility index (Phi) is 25.6. The van der Waals surface area contributed by atoms with Gasteiger partial charge in [-0.15, -0.1) is 0 Å². The van der Waals surface area contributed by atoms with Gasteiger partial charge in [-0.05, 0) is 79.3 Å². The van der Waals surface area contributed by atoms with Crippen molar-refractivity contribution in [3.63, 3.8) is 0 Å². The highest BCUT2D eigenvalue weighted by molar-refractivity contribution is 6.60. The molecule has 4 radical (unpaired) electrons. The summed E-state index contributed by atoms with van der Waals surface area (Å²) in [5, 5.41) is 0. The Morgan fingerprint density at radius 2 is 1.05 bits per heavy atom. The number of unbranched alkanes of at least 4 members (excludes halogenated alkanes) is 3. The Balaban J connectivity index is 4.71. The quantitative estimate of drug-likeness (QED) is 0.0736. The van der Waals surface area contributed by atoms with Crippen molar-refractivity contribution in [1.82, 2.24) is 9.80 Å². The summed E-state index contributed by atoms with van der Waals surface area (Å²) in [5.74, 6) is 0.449. The highest BCUT2D eigenvalue weighted by Crippen LogP contribution is 2.21. The van der Waals surface area contributed by atoms with Gasteiger partial charge in [0.05, 0.1) is 9.52 Å². The van der Waals surface area contributed by atoms with E-state index in [9.17, 15) is 0 Å². The summed E-state index contributed by atoms with van der Waals surface area (Å²) in [4.78, 5) is 5.04. The zero-order chi connectivity index (χ0) is 28.7. The van der Waals surface area contributed by atoms with Crippen molar-refractivity contribution in [2.75, 3.05) is 75.4 Å². The third kappa shape index (κ3) is 17.3. The van der Waals surface area contributed by atoms with Gasteiger partial charge in [-0.2, -0.15) is 0 Å². The molecule has 0 N–H and O–H groups in total. The van der Waals surface area contributed by atoms with E-state index in [-0.39, 0.29) is 0 Å². The van der Waals surface area contributed by atoms with Crippen molar-refractivity contribution in [2.24, 2.45) is 0 Å². The van der Waals surface area contributed by atoms with Crippen molar-refractivity contribution in [3.05, 3.63) is 0 Å². The molecule has 0 rings (SSSR count). The van der Waals surface area contributed by atoms with Crippen LogP contribution < -0.4 is 0 Å². The fourth-order valence-corrected chi connectivity index (χ4v) is 10.8. The predicted molar refractivity (Wildman–Crippen MR) is 162 cm³/mol. The van der Waals surface area contributed by atoms with Gasteiger partial charge in [0, 0.05) is 60.1 Å².